The van der Waals surface area contributed by atoms with E-state index in [1.807, 2.05) is 0 Å². The van der Waals surface area contributed by atoms with Crippen LogP contribution in [0.15, 0.2) is 60.9 Å². The maximum absolute atomic E-state index is 12.8. The van der Waals surface area contributed by atoms with Gasteiger partial charge in [0, 0.05) is 12.1 Å². The van der Waals surface area contributed by atoms with Crippen molar-refractivity contribution in [2.45, 2.75) is 6.92 Å². The molecule has 5 N–H and O–H groups in total. The quantitative estimate of drug-likeness (QED) is 0.151. The minimum absolute atomic E-state index is 0.0779. The number of benzene rings is 2. The van der Waals surface area contributed by atoms with Crippen molar-refractivity contribution in [1.29, 1.82) is 0 Å². The summed E-state index contributed by atoms with van der Waals surface area (Å²) in [6.45, 7) is 2.02. The summed E-state index contributed by atoms with van der Waals surface area (Å²) in [6, 6.07) is 10.5. The fourth-order valence-corrected chi connectivity index (χ4v) is 4.45. The molecule has 226 valence electrons. The molecule has 17 heteroatoms. The Kier molecular flexibility index (Phi) is 7.81. The summed E-state index contributed by atoms with van der Waals surface area (Å²) in [6.07, 6.45) is 2.60. The fourth-order valence-electron chi connectivity index (χ4n) is 4.45. The van der Waals surface area contributed by atoms with Crippen LogP contribution in [0.1, 0.15) is 58.7 Å². The second kappa shape index (κ2) is 11.8. The van der Waals surface area contributed by atoms with Crippen LogP contribution in [0.4, 0.5) is 0 Å². The number of carbonyl (C=O) groups excluding carboxylic acids is 1. The maximum Gasteiger partial charge on any atom is 0.338 e. The molecule has 0 aliphatic carbocycles. The van der Waals surface area contributed by atoms with Crippen LogP contribution in [-0.2, 0) is 0 Å². The van der Waals surface area contributed by atoms with Crippen molar-refractivity contribution in [1.82, 2.24) is 40.3 Å². The summed E-state index contributed by atoms with van der Waals surface area (Å²) >= 11 is 0. The lowest BCUT2D eigenvalue weighted by Gasteiger charge is -2.08. The SMILES string of the molecule is CCNC(=O)c1cc(-c2cn(-c3cccc(C(=O)O)c3C(=O)O)nn2)nc(-c2cn(-c3cccc(C(=O)O)c3C(=O)O)nn2)c1. The molecule has 0 spiro atoms. The molecule has 0 fully saturated rings. The largest absolute Gasteiger partial charge is 0.478 e. The number of aromatic carboxylic acids is 4. The highest BCUT2D eigenvalue weighted by atomic mass is 16.4. The van der Waals surface area contributed by atoms with Gasteiger partial charge in [0.25, 0.3) is 5.91 Å². The molecule has 0 saturated heterocycles. The van der Waals surface area contributed by atoms with Crippen molar-refractivity contribution in [3.05, 3.63) is 88.7 Å². The number of amides is 1. The molecule has 0 atom stereocenters. The van der Waals surface area contributed by atoms with Crippen LogP contribution < -0.4 is 5.32 Å². The Hall–Kier alpha value is -6.78. The van der Waals surface area contributed by atoms with Gasteiger partial charge in [-0.05, 0) is 43.3 Å². The van der Waals surface area contributed by atoms with Gasteiger partial charge in [-0.1, -0.05) is 22.6 Å². The molecule has 17 nitrogen and oxygen atoms in total. The topological polar surface area (TPSA) is 253 Å². The first-order chi connectivity index (χ1) is 21.5. The average Bonchev–Trinajstić information content (AvgIpc) is 3.71. The lowest BCUT2D eigenvalue weighted by Crippen LogP contribution is -2.22. The van der Waals surface area contributed by atoms with E-state index in [-0.39, 0.29) is 39.7 Å². The summed E-state index contributed by atoms with van der Waals surface area (Å²) in [7, 11) is 0. The van der Waals surface area contributed by atoms with Crippen LogP contribution in [0.2, 0.25) is 0 Å². The molecular weight excluding hydrogens is 592 g/mol. The first kappa shape index (κ1) is 29.7. The van der Waals surface area contributed by atoms with E-state index in [2.05, 4.69) is 30.9 Å². The lowest BCUT2D eigenvalue weighted by molar-refractivity contribution is 0.0651. The minimum atomic E-state index is -1.50. The average molecular weight is 613 g/mol. The monoisotopic (exact) mass is 612 g/mol. The van der Waals surface area contributed by atoms with Gasteiger partial charge in [0.1, 0.15) is 11.4 Å². The molecule has 0 unspecified atom stereocenters. The molecule has 0 aliphatic heterocycles. The molecule has 0 bridgehead atoms. The first-order valence-corrected chi connectivity index (χ1v) is 12.9. The van der Waals surface area contributed by atoms with Crippen LogP contribution in [0.3, 0.4) is 0 Å². The molecule has 5 rings (SSSR count). The number of carboxylic acid groups (broad SMARTS) is 4. The van der Waals surface area contributed by atoms with Crippen LogP contribution in [-0.4, -0.2) is 91.7 Å². The number of hydrogen-bond donors (Lipinski definition) is 5. The molecule has 2 aromatic carbocycles. The number of aromatic nitrogens is 7. The lowest BCUT2D eigenvalue weighted by atomic mass is 10.1. The number of carbonyl (C=O) groups is 5. The van der Waals surface area contributed by atoms with Crippen molar-refractivity contribution >= 4 is 29.8 Å². The van der Waals surface area contributed by atoms with Crippen molar-refractivity contribution < 1.29 is 44.4 Å². The number of nitrogens with one attached hydrogen (secondary N) is 1. The summed E-state index contributed by atoms with van der Waals surface area (Å²) in [5.41, 5.74) is -1.64. The maximum atomic E-state index is 12.8. The molecule has 5 aromatic rings. The van der Waals surface area contributed by atoms with E-state index in [9.17, 15) is 44.4 Å². The minimum Gasteiger partial charge on any atom is -0.478 e. The molecule has 45 heavy (non-hydrogen) atoms. The number of rotatable bonds is 10. The van der Waals surface area contributed by atoms with Gasteiger partial charge in [-0.25, -0.2) is 33.5 Å². The Morgan fingerprint density at radius 2 is 1.11 bits per heavy atom. The number of carboxylic acids is 4. The van der Waals surface area contributed by atoms with E-state index in [0.29, 0.717) is 6.54 Å². The standard InChI is InChI=1S/C28H20N8O9/c1-2-29-24(37)13-9-16(18-11-35(33-31-18)20-7-3-5-14(25(38)39)22(20)27(42)43)30-17(10-13)19-12-36(34-32-19)21-8-4-6-15(26(40)41)23(21)28(44)45/h3-12H,2H2,1H3,(H,29,37)(H,38,39)(H,40,41)(H,42,43)(H,44,45). The summed E-state index contributed by atoms with van der Waals surface area (Å²) < 4.78 is 2.12. The van der Waals surface area contributed by atoms with E-state index in [1.165, 1.54) is 48.8 Å². The van der Waals surface area contributed by atoms with Gasteiger partial charge in [-0.15, -0.1) is 10.2 Å². The van der Waals surface area contributed by atoms with Crippen molar-refractivity contribution in [3.8, 4) is 34.2 Å². The summed E-state index contributed by atoms with van der Waals surface area (Å²) in [4.78, 5) is 64.5. The molecule has 0 radical (unpaired) electrons. The van der Waals surface area contributed by atoms with Gasteiger partial charge in [0.2, 0.25) is 0 Å². The van der Waals surface area contributed by atoms with E-state index in [4.69, 9.17) is 0 Å². The second-order valence-corrected chi connectivity index (χ2v) is 9.20. The zero-order chi connectivity index (χ0) is 32.4. The Morgan fingerprint density at radius 3 is 1.49 bits per heavy atom. The predicted octanol–water partition coefficient (Wildman–Crippen LogP) is 2.12. The molecule has 0 saturated carbocycles. The van der Waals surface area contributed by atoms with Crippen LogP contribution >= 0.6 is 0 Å². The molecular formula is C28H20N8O9. The van der Waals surface area contributed by atoms with Crippen LogP contribution in [0.5, 0.6) is 0 Å². The number of nitrogens with zero attached hydrogens (tertiary/aromatic N) is 7. The molecule has 1 amide bonds. The third kappa shape index (κ3) is 5.67. The molecule has 0 aliphatic rings. The van der Waals surface area contributed by atoms with Gasteiger partial charge in [-0.3, -0.25) is 4.79 Å². The van der Waals surface area contributed by atoms with Gasteiger partial charge < -0.3 is 25.7 Å². The number of pyridine rings is 1. The first-order valence-electron chi connectivity index (χ1n) is 12.9. The van der Waals surface area contributed by atoms with E-state index < -0.39 is 52.0 Å². The summed E-state index contributed by atoms with van der Waals surface area (Å²) in [5, 5.41) is 57.0. The Bertz CT molecular complexity index is 1900. The zero-order valence-electron chi connectivity index (χ0n) is 22.9. The Balaban J connectivity index is 1.62. The highest BCUT2D eigenvalue weighted by Gasteiger charge is 2.24. The molecule has 3 aromatic heterocycles. The van der Waals surface area contributed by atoms with Crippen molar-refractivity contribution in [2.75, 3.05) is 6.54 Å². The Labute approximate surface area is 251 Å². The number of hydrogen-bond acceptors (Lipinski definition) is 10. The summed E-state index contributed by atoms with van der Waals surface area (Å²) in [5.74, 6) is -6.38. The van der Waals surface area contributed by atoms with Crippen molar-refractivity contribution in [2.24, 2.45) is 0 Å². The third-order valence-electron chi connectivity index (χ3n) is 6.40. The predicted molar refractivity (Wildman–Crippen MR) is 151 cm³/mol. The highest BCUT2D eigenvalue weighted by Crippen LogP contribution is 2.26. The van der Waals surface area contributed by atoms with Gasteiger partial charge in [-0.2, -0.15) is 0 Å². The van der Waals surface area contributed by atoms with Gasteiger partial charge in [0.15, 0.2) is 0 Å². The normalized spacial score (nSPS) is 10.8. The van der Waals surface area contributed by atoms with E-state index in [0.717, 1.165) is 21.5 Å². The Morgan fingerprint density at radius 1 is 0.667 bits per heavy atom. The van der Waals surface area contributed by atoms with E-state index in [1.54, 1.807) is 6.92 Å². The molecule has 3 heterocycles. The van der Waals surface area contributed by atoms with Gasteiger partial charge >= 0.3 is 23.9 Å². The highest BCUT2D eigenvalue weighted by molar-refractivity contribution is 6.05. The third-order valence-corrected chi connectivity index (χ3v) is 6.40. The smallest absolute Gasteiger partial charge is 0.338 e. The fraction of sp³-hybridized carbons (Fsp3) is 0.0714. The van der Waals surface area contributed by atoms with E-state index >= 15 is 0 Å². The van der Waals surface area contributed by atoms with Crippen molar-refractivity contribution in [3.63, 3.8) is 0 Å². The zero-order valence-corrected chi connectivity index (χ0v) is 22.9. The van der Waals surface area contributed by atoms with Crippen LogP contribution in [0.25, 0.3) is 34.2 Å². The second-order valence-electron chi connectivity index (χ2n) is 9.20. The van der Waals surface area contributed by atoms with Gasteiger partial charge in [0.05, 0.1) is 57.4 Å². The van der Waals surface area contributed by atoms with Crippen LogP contribution in [0, 0.1) is 0 Å².